The van der Waals surface area contributed by atoms with Crippen molar-refractivity contribution in [2.24, 2.45) is 0 Å². The zero-order valence-electron chi connectivity index (χ0n) is 12.0. The van der Waals surface area contributed by atoms with Crippen LogP contribution in [0.25, 0.3) is 10.8 Å². The summed E-state index contributed by atoms with van der Waals surface area (Å²) >= 11 is 2.86. The minimum atomic E-state index is -0.150. The van der Waals surface area contributed by atoms with Crippen LogP contribution in [0.5, 0.6) is 0 Å². The van der Waals surface area contributed by atoms with Gasteiger partial charge in [0, 0.05) is 17.8 Å². The quantitative estimate of drug-likeness (QED) is 0.795. The van der Waals surface area contributed by atoms with Crippen LogP contribution in [0.3, 0.4) is 0 Å². The minimum Gasteiger partial charge on any atom is -0.346 e. The van der Waals surface area contributed by atoms with E-state index in [-0.39, 0.29) is 5.91 Å². The molecule has 0 unspecified atom stereocenters. The molecule has 1 N–H and O–H groups in total. The molecular weight excluding hydrogens is 318 g/mol. The predicted molar refractivity (Wildman–Crippen MR) is 85.9 cm³/mol. The SMILES string of the molecule is Cc1nc(CNC(=O)c2sc(-c3ncccn3)nc2C)cs1. The second kappa shape index (κ2) is 6.29. The fraction of sp³-hybridized carbons (Fsp3) is 0.214. The second-order valence-electron chi connectivity index (χ2n) is 4.55. The van der Waals surface area contributed by atoms with Crippen molar-refractivity contribution in [2.45, 2.75) is 20.4 Å². The summed E-state index contributed by atoms with van der Waals surface area (Å²) < 4.78 is 0. The Kier molecular flexibility index (Phi) is 4.21. The third-order valence-corrected chi connectivity index (χ3v) is 4.83. The van der Waals surface area contributed by atoms with Crippen LogP contribution in [0.4, 0.5) is 0 Å². The molecule has 3 aromatic rings. The number of aromatic nitrogens is 4. The summed E-state index contributed by atoms with van der Waals surface area (Å²) in [5, 5.41) is 6.45. The summed E-state index contributed by atoms with van der Waals surface area (Å²) in [7, 11) is 0. The average molecular weight is 331 g/mol. The van der Waals surface area contributed by atoms with E-state index in [2.05, 4.69) is 25.3 Å². The summed E-state index contributed by atoms with van der Waals surface area (Å²) in [5.74, 6) is 0.382. The van der Waals surface area contributed by atoms with E-state index in [1.807, 2.05) is 19.2 Å². The van der Waals surface area contributed by atoms with Crippen molar-refractivity contribution >= 4 is 28.6 Å². The van der Waals surface area contributed by atoms with Crippen LogP contribution < -0.4 is 5.32 Å². The average Bonchev–Trinajstić information content (AvgIpc) is 3.12. The van der Waals surface area contributed by atoms with Crippen LogP contribution in [0.15, 0.2) is 23.8 Å². The largest absolute Gasteiger partial charge is 0.346 e. The monoisotopic (exact) mass is 331 g/mol. The van der Waals surface area contributed by atoms with Gasteiger partial charge in [-0.15, -0.1) is 22.7 Å². The van der Waals surface area contributed by atoms with E-state index in [9.17, 15) is 4.79 Å². The molecule has 0 saturated carbocycles. The molecule has 0 aliphatic carbocycles. The zero-order valence-corrected chi connectivity index (χ0v) is 13.7. The zero-order chi connectivity index (χ0) is 15.5. The summed E-state index contributed by atoms with van der Waals surface area (Å²) in [6.07, 6.45) is 3.31. The molecule has 0 fully saturated rings. The summed E-state index contributed by atoms with van der Waals surface area (Å²) in [5.41, 5.74) is 1.55. The van der Waals surface area contributed by atoms with E-state index in [1.54, 1.807) is 29.8 Å². The molecule has 3 rings (SSSR count). The van der Waals surface area contributed by atoms with Gasteiger partial charge in [-0.05, 0) is 19.9 Å². The first-order chi connectivity index (χ1) is 10.6. The van der Waals surface area contributed by atoms with Crippen molar-refractivity contribution in [3.05, 3.63) is 45.1 Å². The van der Waals surface area contributed by atoms with Gasteiger partial charge in [0.25, 0.3) is 5.91 Å². The van der Waals surface area contributed by atoms with Gasteiger partial charge in [-0.3, -0.25) is 4.79 Å². The fourth-order valence-electron chi connectivity index (χ4n) is 1.85. The molecule has 3 aromatic heterocycles. The summed E-state index contributed by atoms with van der Waals surface area (Å²) in [6.45, 7) is 4.16. The number of amides is 1. The highest BCUT2D eigenvalue weighted by molar-refractivity contribution is 7.17. The lowest BCUT2D eigenvalue weighted by molar-refractivity contribution is 0.0953. The molecule has 112 valence electrons. The van der Waals surface area contributed by atoms with Crippen LogP contribution >= 0.6 is 22.7 Å². The maximum atomic E-state index is 12.3. The van der Waals surface area contributed by atoms with Crippen LogP contribution in [0.2, 0.25) is 0 Å². The molecule has 1 amide bonds. The third kappa shape index (κ3) is 3.18. The van der Waals surface area contributed by atoms with Gasteiger partial charge in [-0.1, -0.05) is 0 Å². The Labute approximate surface area is 135 Å². The van der Waals surface area contributed by atoms with E-state index < -0.39 is 0 Å². The molecule has 0 atom stereocenters. The molecule has 6 nitrogen and oxygen atoms in total. The molecule has 8 heteroatoms. The number of carbonyl (C=O) groups is 1. The van der Waals surface area contributed by atoms with Gasteiger partial charge in [0.15, 0.2) is 10.8 Å². The number of nitrogens with one attached hydrogen (secondary N) is 1. The topological polar surface area (TPSA) is 80.7 Å². The lowest BCUT2D eigenvalue weighted by atomic mass is 10.3. The first-order valence-electron chi connectivity index (χ1n) is 6.57. The lowest BCUT2D eigenvalue weighted by Gasteiger charge is -2.01. The minimum absolute atomic E-state index is 0.150. The molecule has 0 aromatic carbocycles. The van der Waals surface area contributed by atoms with E-state index in [0.717, 1.165) is 10.7 Å². The van der Waals surface area contributed by atoms with Gasteiger partial charge in [0.2, 0.25) is 0 Å². The number of hydrogen-bond acceptors (Lipinski definition) is 7. The standard InChI is InChI=1S/C14H13N5OS2/c1-8-11(13(20)17-6-10-7-21-9(2)19-10)22-14(18-8)12-15-4-3-5-16-12/h3-5,7H,6H2,1-2H3,(H,17,20). The van der Waals surface area contributed by atoms with E-state index in [1.165, 1.54) is 11.3 Å². The Morgan fingerprint density at radius 2 is 2.00 bits per heavy atom. The van der Waals surface area contributed by atoms with Crippen LogP contribution in [-0.4, -0.2) is 25.8 Å². The predicted octanol–water partition coefficient (Wildman–Crippen LogP) is 2.60. The van der Waals surface area contributed by atoms with Crippen molar-refractivity contribution in [3.63, 3.8) is 0 Å². The fourth-order valence-corrected chi connectivity index (χ4v) is 3.40. The molecule has 0 saturated heterocycles. The first-order valence-corrected chi connectivity index (χ1v) is 8.27. The molecule has 0 bridgehead atoms. The Hall–Kier alpha value is -2.19. The van der Waals surface area contributed by atoms with Gasteiger partial charge >= 0.3 is 0 Å². The third-order valence-electron chi connectivity index (χ3n) is 2.86. The van der Waals surface area contributed by atoms with Crippen LogP contribution in [-0.2, 0) is 6.54 Å². The van der Waals surface area contributed by atoms with Crippen LogP contribution in [0, 0.1) is 13.8 Å². The highest BCUT2D eigenvalue weighted by Crippen LogP contribution is 2.25. The van der Waals surface area contributed by atoms with Crippen molar-refractivity contribution < 1.29 is 4.79 Å². The molecule has 0 aliphatic rings. The van der Waals surface area contributed by atoms with Crippen molar-refractivity contribution in [1.82, 2.24) is 25.3 Å². The smallest absolute Gasteiger partial charge is 0.263 e. The Morgan fingerprint density at radius 3 is 2.68 bits per heavy atom. The number of thiazole rings is 2. The van der Waals surface area contributed by atoms with Gasteiger partial charge < -0.3 is 5.32 Å². The Morgan fingerprint density at radius 1 is 1.23 bits per heavy atom. The number of aryl methyl sites for hydroxylation is 2. The van der Waals surface area contributed by atoms with E-state index >= 15 is 0 Å². The maximum Gasteiger partial charge on any atom is 0.263 e. The maximum absolute atomic E-state index is 12.3. The Bertz CT molecular complexity index is 797. The summed E-state index contributed by atoms with van der Waals surface area (Å²) in [6, 6.07) is 1.74. The number of carbonyl (C=O) groups excluding carboxylic acids is 1. The summed E-state index contributed by atoms with van der Waals surface area (Å²) in [4.78, 5) is 29.9. The number of rotatable bonds is 4. The van der Waals surface area contributed by atoms with Crippen molar-refractivity contribution in [3.8, 4) is 10.8 Å². The van der Waals surface area contributed by atoms with Crippen LogP contribution in [0.1, 0.15) is 26.1 Å². The van der Waals surface area contributed by atoms with Crippen molar-refractivity contribution in [1.29, 1.82) is 0 Å². The van der Waals surface area contributed by atoms with E-state index in [0.29, 0.717) is 27.9 Å². The molecule has 0 aliphatic heterocycles. The van der Waals surface area contributed by atoms with E-state index in [4.69, 9.17) is 0 Å². The molecule has 0 radical (unpaired) electrons. The number of hydrogen-bond donors (Lipinski definition) is 1. The Balaban J connectivity index is 1.74. The van der Waals surface area contributed by atoms with Gasteiger partial charge in [0.05, 0.1) is 22.9 Å². The molecule has 0 spiro atoms. The van der Waals surface area contributed by atoms with Gasteiger partial charge in [-0.2, -0.15) is 0 Å². The highest BCUT2D eigenvalue weighted by atomic mass is 32.1. The molecular formula is C14H13N5OS2. The molecule has 3 heterocycles. The highest BCUT2D eigenvalue weighted by Gasteiger charge is 2.17. The van der Waals surface area contributed by atoms with Crippen molar-refractivity contribution in [2.75, 3.05) is 0 Å². The lowest BCUT2D eigenvalue weighted by Crippen LogP contribution is -2.22. The molecule has 22 heavy (non-hydrogen) atoms. The first kappa shape index (κ1) is 14.7. The normalized spacial score (nSPS) is 10.6. The number of nitrogens with zero attached hydrogens (tertiary/aromatic N) is 4. The van der Waals surface area contributed by atoms with Gasteiger partial charge in [0.1, 0.15) is 4.88 Å². The second-order valence-corrected chi connectivity index (χ2v) is 6.61. The van der Waals surface area contributed by atoms with Gasteiger partial charge in [-0.25, -0.2) is 19.9 Å².